The van der Waals surface area contributed by atoms with Crippen LogP contribution in [0.4, 0.5) is 0 Å². The van der Waals surface area contributed by atoms with E-state index in [9.17, 15) is 33.6 Å². The van der Waals surface area contributed by atoms with Gasteiger partial charge in [0.2, 0.25) is 35.4 Å². The van der Waals surface area contributed by atoms with Gasteiger partial charge in [0.05, 0.1) is 13.1 Å². The summed E-state index contributed by atoms with van der Waals surface area (Å²) in [4.78, 5) is 83.4. The number of rotatable bonds is 34. The molecule has 0 aliphatic carbocycles. The van der Waals surface area contributed by atoms with E-state index in [0.717, 1.165) is 51.4 Å². The molecule has 54 heavy (non-hydrogen) atoms. The van der Waals surface area contributed by atoms with E-state index in [1.807, 2.05) is 0 Å². The van der Waals surface area contributed by atoms with Gasteiger partial charge < -0.3 is 37.4 Å². The predicted octanol–water partition coefficient (Wildman–Crippen LogP) is 4.61. The molecule has 0 fully saturated rings. The van der Waals surface area contributed by atoms with Crippen LogP contribution in [0.25, 0.3) is 0 Å². The van der Waals surface area contributed by atoms with Crippen LogP contribution in [0.2, 0.25) is 0 Å². The number of carboxylic acids is 1. The molecule has 0 heterocycles. The first-order valence-corrected chi connectivity index (χ1v) is 20.1. The summed E-state index contributed by atoms with van der Waals surface area (Å²) >= 11 is 0. The lowest BCUT2D eigenvalue weighted by Gasteiger charge is -2.19. The summed E-state index contributed by atoms with van der Waals surface area (Å²) in [5, 5.41) is 20.7. The second-order valence-electron chi connectivity index (χ2n) is 14.0. The smallest absolute Gasteiger partial charge is 0.303 e. The van der Waals surface area contributed by atoms with Crippen molar-refractivity contribution in [3.05, 3.63) is 24.3 Å². The average molecular weight is 763 g/mol. The number of hydrogen-bond acceptors (Lipinski definition) is 7. The van der Waals surface area contributed by atoms with Crippen molar-refractivity contribution in [2.75, 3.05) is 13.1 Å². The second kappa shape index (κ2) is 33.3. The maximum atomic E-state index is 12.3. The van der Waals surface area contributed by atoms with Crippen LogP contribution in [0.15, 0.2) is 24.3 Å². The van der Waals surface area contributed by atoms with Crippen molar-refractivity contribution in [3.63, 3.8) is 0 Å². The van der Waals surface area contributed by atoms with Gasteiger partial charge in [-0.05, 0) is 52.4 Å². The van der Waals surface area contributed by atoms with Gasteiger partial charge in [-0.1, -0.05) is 115 Å². The summed E-state index contributed by atoms with van der Waals surface area (Å²) in [6.45, 7) is 4.22. The third-order valence-electron chi connectivity index (χ3n) is 8.85. The lowest BCUT2D eigenvalue weighted by Crippen LogP contribution is -2.54. The molecular formula is C40H70N6O8. The highest BCUT2D eigenvalue weighted by Crippen LogP contribution is 2.12. The molecule has 308 valence electrons. The highest BCUT2D eigenvalue weighted by Gasteiger charge is 2.24. The lowest BCUT2D eigenvalue weighted by molar-refractivity contribution is -0.138. The zero-order valence-corrected chi connectivity index (χ0v) is 33.2. The highest BCUT2D eigenvalue weighted by molar-refractivity contribution is 5.94. The van der Waals surface area contributed by atoms with Crippen LogP contribution in [0.1, 0.15) is 156 Å². The van der Waals surface area contributed by atoms with Crippen LogP contribution in [-0.4, -0.2) is 77.7 Å². The van der Waals surface area contributed by atoms with Gasteiger partial charge in [-0.25, -0.2) is 0 Å². The molecule has 6 amide bonds. The normalized spacial score (nSPS) is 12.9. The molecule has 0 saturated heterocycles. The first-order valence-electron chi connectivity index (χ1n) is 20.1. The molecule has 0 aromatic carbocycles. The Labute approximate surface area is 323 Å². The van der Waals surface area contributed by atoms with Gasteiger partial charge in [0.1, 0.15) is 18.1 Å². The molecule has 14 nitrogen and oxygen atoms in total. The maximum Gasteiger partial charge on any atom is 0.303 e. The molecule has 3 atom stereocenters. The summed E-state index contributed by atoms with van der Waals surface area (Å²) in [5.41, 5.74) is 5.19. The summed E-state index contributed by atoms with van der Waals surface area (Å²) in [6.07, 6.45) is 30.6. The molecule has 0 aliphatic heterocycles. The van der Waals surface area contributed by atoms with E-state index in [2.05, 4.69) is 57.8 Å². The number of allylic oxidation sites excluding steroid dienone is 4. The van der Waals surface area contributed by atoms with Crippen LogP contribution in [-0.2, 0) is 33.6 Å². The Kier molecular flexibility index (Phi) is 30.7. The van der Waals surface area contributed by atoms with E-state index in [1.165, 1.54) is 78.1 Å². The largest absolute Gasteiger partial charge is 0.481 e. The van der Waals surface area contributed by atoms with Crippen molar-refractivity contribution in [1.29, 1.82) is 0 Å². The zero-order valence-electron chi connectivity index (χ0n) is 33.2. The highest BCUT2D eigenvalue weighted by atomic mass is 16.4. The van der Waals surface area contributed by atoms with Crippen molar-refractivity contribution in [3.8, 4) is 0 Å². The Morgan fingerprint density at radius 2 is 1.00 bits per heavy atom. The van der Waals surface area contributed by atoms with Crippen LogP contribution >= 0.6 is 0 Å². The van der Waals surface area contributed by atoms with Crippen molar-refractivity contribution in [2.24, 2.45) is 5.73 Å². The monoisotopic (exact) mass is 763 g/mol. The van der Waals surface area contributed by atoms with E-state index in [-0.39, 0.29) is 18.9 Å². The number of unbranched alkanes of at least 4 members (excludes halogenated alkanes) is 16. The van der Waals surface area contributed by atoms with Gasteiger partial charge in [-0.3, -0.25) is 33.6 Å². The van der Waals surface area contributed by atoms with Crippen LogP contribution < -0.4 is 32.3 Å². The molecule has 0 rings (SSSR count). The standard InChI is InChI=1S/C40H70N6O8/c1-4-5-6-7-8-9-10-11-12-13-14-15-16-17-18-19-20-21-22-23-24-25-26-34(47)42-29-35(48)44-31(2)39(53)43-30-36(49)45-32(3)40(54)46-33(38(41)52)27-28-37(50)51/h15-18,31-33H,4-14,19-30H2,1-3H3,(H2,41,52)(H,42,47)(H,43,53)(H,44,48)(H,45,49)(H,46,54)(H,50,51)/b16-15+,18-17+/t31-,32-,33-/m0/s1. The number of hydrogen-bond donors (Lipinski definition) is 7. The van der Waals surface area contributed by atoms with Gasteiger partial charge in [-0.2, -0.15) is 0 Å². The molecule has 0 bridgehead atoms. The number of nitrogens with two attached hydrogens (primary N) is 1. The van der Waals surface area contributed by atoms with Crippen molar-refractivity contribution in [2.45, 2.75) is 174 Å². The van der Waals surface area contributed by atoms with Gasteiger partial charge in [-0.15, -0.1) is 0 Å². The molecule has 0 aromatic rings. The van der Waals surface area contributed by atoms with Crippen LogP contribution in [0.5, 0.6) is 0 Å². The minimum atomic E-state index is -1.23. The molecule has 0 aromatic heterocycles. The number of carboxylic acid groups (broad SMARTS) is 1. The van der Waals surface area contributed by atoms with E-state index in [0.29, 0.717) is 6.42 Å². The Bertz CT molecular complexity index is 1180. The fourth-order valence-corrected chi connectivity index (χ4v) is 5.51. The predicted molar refractivity (Wildman–Crippen MR) is 211 cm³/mol. The SMILES string of the molecule is CCCCCCCCCCCC/C=C/C=C/CCCCCCCCC(=O)NCC(=O)N[C@@H](C)C(=O)NCC(=O)N[C@@H](C)C(=O)N[C@@H](CCC(=O)O)C(N)=O. The summed E-state index contributed by atoms with van der Waals surface area (Å²) in [6, 6.07) is -3.34. The van der Waals surface area contributed by atoms with Crippen molar-refractivity contribution in [1.82, 2.24) is 26.6 Å². The van der Waals surface area contributed by atoms with E-state index in [1.54, 1.807) is 0 Å². The topological polar surface area (TPSA) is 226 Å². The number of carbonyl (C=O) groups excluding carboxylic acids is 6. The molecule has 14 heteroatoms. The van der Waals surface area contributed by atoms with Crippen LogP contribution in [0.3, 0.4) is 0 Å². The summed E-state index contributed by atoms with van der Waals surface area (Å²) < 4.78 is 0. The van der Waals surface area contributed by atoms with Gasteiger partial charge >= 0.3 is 5.97 Å². The molecular weight excluding hydrogens is 692 g/mol. The first-order chi connectivity index (χ1) is 25.9. The van der Waals surface area contributed by atoms with E-state index < -0.39 is 66.6 Å². The Morgan fingerprint density at radius 1 is 0.556 bits per heavy atom. The second-order valence-corrected chi connectivity index (χ2v) is 14.0. The van der Waals surface area contributed by atoms with Gasteiger partial charge in [0.15, 0.2) is 0 Å². The van der Waals surface area contributed by atoms with Gasteiger partial charge in [0, 0.05) is 12.8 Å². The average Bonchev–Trinajstić information content (AvgIpc) is 3.13. The van der Waals surface area contributed by atoms with Gasteiger partial charge in [0.25, 0.3) is 0 Å². The molecule has 0 radical (unpaired) electrons. The quantitative estimate of drug-likeness (QED) is 0.0361. The molecule has 8 N–H and O–H groups in total. The number of aliphatic carboxylic acids is 1. The van der Waals surface area contributed by atoms with Crippen LogP contribution in [0, 0.1) is 0 Å². The minimum absolute atomic E-state index is 0.211. The van der Waals surface area contributed by atoms with E-state index >= 15 is 0 Å². The maximum absolute atomic E-state index is 12.3. The minimum Gasteiger partial charge on any atom is -0.481 e. The molecule has 0 saturated carbocycles. The number of carbonyl (C=O) groups is 7. The Balaban J connectivity index is 3.90. The van der Waals surface area contributed by atoms with E-state index in [4.69, 9.17) is 10.8 Å². The van der Waals surface area contributed by atoms with Crippen molar-refractivity contribution >= 4 is 41.4 Å². The molecule has 0 unspecified atom stereocenters. The molecule has 0 spiro atoms. The number of primary amides is 1. The Morgan fingerprint density at radius 3 is 1.48 bits per heavy atom. The fraction of sp³-hybridized carbons (Fsp3) is 0.725. The number of amides is 6. The zero-order chi connectivity index (χ0) is 40.4. The lowest BCUT2D eigenvalue weighted by atomic mass is 10.1. The third-order valence-corrected chi connectivity index (χ3v) is 8.85. The fourth-order valence-electron chi connectivity index (χ4n) is 5.51. The Hall–Kier alpha value is -4.23. The third kappa shape index (κ3) is 30.3. The summed E-state index contributed by atoms with van der Waals surface area (Å²) in [7, 11) is 0. The first kappa shape index (κ1) is 49.8. The summed E-state index contributed by atoms with van der Waals surface area (Å²) in [5.74, 6) is -5.03. The van der Waals surface area contributed by atoms with Crippen molar-refractivity contribution < 1.29 is 38.7 Å². The molecule has 0 aliphatic rings. The number of nitrogens with one attached hydrogen (secondary N) is 5.